The number of carbonyl (C=O) groups is 2. The lowest BCUT2D eigenvalue weighted by Crippen LogP contribution is -2.34. The van der Waals surface area contributed by atoms with Crippen LogP contribution in [0.5, 0.6) is 0 Å². The molecule has 0 aliphatic carbocycles. The maximum Gasteiger partial charge on any atom is 0.317 e. The van der Waals surface area contributed by atoms with Gasteiger partial charge in [0.15, 0.2) is 0 Å². The third-order valence-corrected chi connectivity index (χ3v) is 3.20. The van der Waals surface area contributed by atoms with E-state index >= 15 is 0 Å². The first-order valence-corrected chi connectivity index (χ1v) is 5.84. The molecule has 1 aliphatic rings. The van der Waals surface area contributed by atoms with Crippen LogP contribution >= 0.6 is 0 Å². The van der Waals surface area contributed by atoms with Crippen molar-refractivity contribution in [3.63, 3.8) is 0 Å². The molecule has 0 unspecified atom stereocenters. The molecule has 5 heteroatoms. The van der Waals surface area contributed by atoms with E-state index in [1.165, 1.54) is 0 Å². The van der Waals surface area contributed by atoms with E-state index in [4.69, 9.17) is 0 Å². The van der Waals surface area contributed by atoms with Crippen molar-refractivity contribution in [1.29, 1.82) is 0 Å². The number of anilines is 1. The van der Waals surface area contributed by atoms with Gasteiger partial charge < -0.3 is 15.1 Å². The largest absolute Gasteiger partial charge is 0.341 e. The topological polar surface area (TPSA) is 52.7 Å². The van der Waals surface area contributed by atoms with Gasteiger partial charge in [-0.1, -0.05) is 12.1 Å². The van der Waals surface area contributed by atoms with Gasteiger partial charge in [-0.25, -0.2) is 4.79 Å². The highest BCUT2D eigenvalue weighted by Crippen LogP contribution is 2.28. The normalized spacial score (nSPS) is 13.5. The Morgan fingerprint density at radius 2 is 2.22 bits per heavy atom. The Hall–Kier alpha value is -2.04. The van der Waals surface area contributed by atoms with Gasteiger partial charge in [-0.2, -0.15) is 0 Å². The van der Waals surface area contributed by atoms with E-state index in [1.54, 1.807) is 30.9 Å². The van der Waals surface area contributed by atoms with Crippen LogP contribution in [-0.2, 0) is 17.8 Å². The number of benzene rings is 1. The van der Waals surface area contributed by atoms with Gasteiger partial charge in [-0.15, -0.1) is 0 Å². The minimum absolute atomic E-state index is 0.113. The molecule has 1 aromatic rings. The summed E-state index contributed by atoms with van der Waals surface area (Å²) >= 11 is 0. The highest BCUT2D eigenvalue weighted by atomic mass is 16.2. The summed E-state index contributed by atoms with van der Waals surface area (Å²) in [5.41, 5.74) is 3.03. The maximum atomic E-state index is 11.6. The van der Waals surface area contributed by atoms with Crippen molar-refractivity contribution >= 4 is 17.6 Å². The summed E-state index contributed by atoms with van der Waals surface area (Å²) in [5, 5.41) is 2.58. The summed E-state index contributed by atoms with van der Waals surface area (Å²) in [4.78, 5) is 26.2. The second kappa shape index (κ2) is 4.68. The number of nitrogens with one attached hydrogen (secondary N) is 1. The minimum Gasteiger partial charge on any atom is -0.341 e. The van der Waals surface area contributed by atoms with E-state index in [-0.39, 0.29) is 11.9 Å². The zero-order valence-electron chi connectivity index (χ0n) is 10.9. The fourth-order valence-corrected chi connectivity index (χ4v) is 2.16. The fourth-order valence-electron chi connectivity index (χ4n) is 2.16. The molecule has 18 heavy (non-hydrogen) atoms. The minimum atomic E-state index is -0.122. The Labute approximate surface area is 106 Å². The van der Waals surface area contributed by atoms with Crippen molar-refractivity contribution in [2.24, 2.45) is 0 Å². The van der Waals surface area contributed by atoms with Crippen LogP contribution in [0.1, 0.15) is 11.1 Å². The quantitative estimate of drug-likeness (QED) is 0.847. The number of nitrogens with zero attached hydrogens (tertiary/aromatic N) is 2. The Kier molecular flexibility index (Phi) is 3.23. The standard InChI is InChI=1S/C13H17N3O2/c1-14-13(18)15(2)8-9-4-5-11-10(6-9)7-12(17)16(11)3/h4-6H,7-8H2,1-3H3,(H,14,18). The van der Waals surface area contributed by atoms with E-state index in [9.17, 15) is 9.59 Å². The van der Waals surface area contributed by atoms with E-state index in [1.807, 2.05) is 18.2 Å². The van der Waals surface area contributed by atoms with Crippen molar-refractivity contribution in [1.82, 2.24) is 10.2 Å². The molecule has 2 rings (SSSR count). The molecule has 0 saturated heterocycles. The monoisotopic (exact) mass is 247 g/mol. The first kappa shape index (κ1) is 12.4. The number of likely N-dealkylation sites (N-methyl/N-ethyl adjacent to an activating group) is 1. The SMILES string of the molecule is CNC(=O)N(C)Cc1ccc2c(c1)CC(=O)N2C. The lowest BCUT2D eigenvalue weighted by atomic mass is 10.1. The van der Waals surface area contributed by atoms with Gasteiger partial charge >= 0.3 is 6.03 Å². The van der Waals surface area contributed by atoms with Gasteiger partial charge in [0.2, 0.25) is 5.91 Å². The third-order valence-electron chi connectivity index (χ3n) is 3.20. The molecule has 0 spiro atoms. The van der Waals surface area contributed by atoms with Crippen molar-refractivity contribution in [2.75, 3.05) is 26.0 Å². The Morgan fingerprint density at radius 3 is 2.89 bits per heavy atom. The molecule has 1 heterocycles. The van der Waals surface area contributed by atoms with Crippen molar-refractivity contribution in [3.05, 3.63) is 29.3 Å². The molecule has 3 amide bonds. The Bertz CT molecular complexity index is 499. The van der Waals surface area contributed by atoms with Crippen LogP contribution in [0.3, 0.4) is 0 Å². The number of amides is 3. The average Bonchev–Trinajstić information content (AvgIpc) is 2.63. The molecular weight excluding hydrogens is 230 g/mol. The van der Waals surface area contributed by atoms with Crippen molar-refractivity contribution < 1.29 is 9.59 Å². The molecule has 0 saturated carbocycles. The van der Waals surface area contributed by atoms with E-state index < -0.39 is 0 Å². The molecule has 1 aliphatic heterocycles. The van der Waals surface area contributed by atoms with E-state index in [0.717, 1.165) is 16.8 Å². The van der Waals surface area contributed by atoms with Crippen LogP contribution in [0.2, 0.25) is 0 Å². The number of hydrogen-bond acceptors (Lipinski definition) is 2. The van der Waals surface area contributed by atoms with Crippen LogP contribution in [0, 0.1) is 0 Å². The zero-order valence-corrected chi connectivity index (χ0v) is 10.9. The zero-order chi connectivity index (χ0) is 13.3. The van der Waals surface area contributed by atoms with Gasteiger partial charge in [0.05, 0.1) is 6.42 Å². The molecule has 0 aromatic heterocycles. The van der Waals surface area contributed by atoms with Crippen LogP contribution in [0.15, 0.2) is 18.2 Å². The second-order valence-corrected chi connectivity index (χ2v) is 4.50. The molecule has 0 atom stereocenters. The van der Waals surface area contributed by atoms with Gasteiger partial charge in [-0.05, 0) is 17.2 Å². The molecular formula is C13H17N3O2. The van der Waals surface area contributed by atoms with Crippen LogP contribution in [0.25, 0.3) is 0 Å². The average molecular weight is 247 g/mol. The predicted octanol–water partition coefficient (Wildman–Crippen LogP) is 0.977. The molecule has 0 radical (unpaired) electrons. The number of carbonyl (C=O) groups excluding carboxylic acids is 2. The number of urea groups is 1. The summed E-state index contributed by atoms with van der Waals surface area (Å²) in [6.07, 6.45) is 0.448. The summed E-state index contributed by atoms with van der Waals surface area (Å²) in [6.45, 7) is 0.533. The van der Waals surface area contributed by atoms with Crippen LogP contribution < -0.4 is 10.2 Å². The molecule has 0 fully saturated rings. The van der Waals surface area contributed by atoms with Crippen LogP contribution in [0.4, 0.5) is 10.5 Å². The Morgan fingerprint density at radius 1 is 1.50 bits per heavy atom. The number of hydrogen-bond donors (Lipinski definition) is 1. The summed E-state index contributed by atoms with van der Waals surface area (Å²) < 4.78 is 0. The smallest absolute Gasteiger partial charge is 0.317 e. The van der Waals surface area contributed by atoms with Gasteiger partial charge in [0.25, 0.3) is 0 Å². The van der Waals surface area contributed by atoms with Gasteiger partial charge in [0, 0.05) is 33.4 Å². The van der Waals surface area contributed by atoms with Gasteiger partial charge in [0.1, 0.15) is 0 Å². The van der Waals surface area contributed by atoms with Crippen molar-refractivity contribution in [2.45, 2.75) is 13.0 Å². The highest BCUT2D eigenvalue weighted by molar-refractivity contribution is 6.00. The molecule has 1 aromatic carbocycles. The molecule has 96 valence electrons. The van der Waals surface area contributed by atoms with E-state index in [2.05, 4.69) is 5.32 Å². The molecule has 0 bridgehead atoms. The maximum absolute atomic E-state index is 11.6. The first-order chi connectivity index (χ1) is 8.52. The Balaban J connectivity index is 2.16. The summed E-state index contributed by atoms with van der Waals surface area (Å²) in [7, 11) is 5.13. The summed E-state index contributed by atoms with van der Waals surface area (Å²) in [6, 6.07) is 5.76. The second-order valence-electron chi connectivity index (χ2n) is 4.50. The van der Waals surface area contributed by atoms with Crippen LogP contribution in [-0.4, -0.2) is 38.0 Å². The molecule has 1 N–H and O–H groups in total. The predicted molar refractivity (Wildman–Crippen MR) is 69.5 cm³/mol. The highest BCUT2D eigenvalue weighted by Gasteiger charge is 2.23. The number of fused-ring (bicyclic) bond motifs is 1. The lowest BCUT2D eigenvalue weighted by Gasteiger charge is -2.17. The fraction of sp³-hybridized carbons (Fsp3) is 0.385. The first-order valence-electron chi connectivity index (χ1n) is 5.84. The lowest BCUT2D eigenvalue weighted by molar-refractivity contribution is -0.117. The van der Waals surface area contributed by atoms with Gasteiger partial charge in [-0.3, -0.25) is 4.79 Å². The van der Waals surface area contributed by atoms with Crippen molar-refractivity contribution in [3.8, 4) is 0 Å². The number of rotatable bonds is 2. The molecule has 5 nitrogen and oxygen atoms in total. The third kappa shape index (κ3) is 2.16. The summed E-state index contributed by atoms with van der Waals surface area (Å²) in [5.74, 6) is 0.113. The van der Waals surface area contributed by atoms with E-state index in [0.29, 0.717) is 13.0 Å².